The zero-order valence-corrected chi connectivity index (χ0v) is 12.3. The van der Waals surface area contributed by atoms with Crippen molar-refractivity contribution in [3.63, 3.8) is 0 Å². The van der Waals surface area contributed by atoms with E-state index in [9.17, 15) is 4.79 Å². The molecule has 0 aromatic heterocycles. The smallest absolute Gasteiger partial charge is 0.169 e. The number of Topliss-reactive ketones (excluding diaryl/α,β-unsaturated/α-hetero) is 1. The maximum absolute atomic E-state index is 11.4. The average molecular weight is 262 g/mol. The SMILES string of the molecule is COC1C(=O)CC1Oc1cc(C)ccc1C(C)(C)C. The molecule has 104 valence electrons. The molecule has 1 aromatic carbocycles. The van der Waals surface area contributed by atoms with Crippen molar-refractivity contribution in [3.8, 4) is 5.75 Å². The first-order chi connectivity index (χ1) is 8.82. The van der Waals surface area contributed by atoms with Crippen LogP contribution in [0.2, 0.25) is 0 Å². The molecule has 19 heavy (non-hydrogen) atoms. The first kappa shape index (κ1) is 14.1. The molecule has 0 heterocycles. The van der Waals surface area contributed by atoms with Gasteiger partial charge < -0.3 is 9.47 Å². The Morgan fingerprint density at radius 2 is 1.95 bits per heavy atom. The minimum atomic E-state index is -0.409. The van der Waals surface area contributed by atoms with Crippen molar-refractivity contribution < 1.29 is 14.3 Å². The molecule has 0 spiro atoms. The van der Waals surface area contributed by atoms with Gasteiger partial charge in [-0.2, -0.15) is 0 Å². The molecule has 2 rings (SSSR count). The predicted molar refractivity (Wildman–Crippen MR) is 74.7 cm³/mol. The van der Waals surface area contributed by atoms with Crippen LogP contribution in [0.5, 0.6) is 5.75 Å². The molecular formula is C16H22O3. The van der Waals surface area contributed by atoms with Gasteiger partial charge in [0.15, 0.2) is 11.9 Å². The first-order valence-electron chi connectivity index (χ1n) is 6.66. The van der Waals surface area contributed by atoms with Crippen molar-refractivity contribution >= 4 is 5.78 Å². The van der Waals surface area contributed by atoms with Gasteiger partial charge in [0.05, 0.1) is 0 Å². The summed E-state index contributed by atoms with van der Waals surface area (Å²) in [6.07, 6.45) is -0.121. The maximum Gasteiger partial charge on any atom is 0.169 e. The maximum atomic E-state index is 11.4. The molecule has 0 radical (unpaired) electrons. The highest BCUT2D eigenvalue weighted by molar-refractivity contribution is 5.90. The number of methoxy groups -OCH3 is 1. The molecular weight excluding hydrogens is 240 g/mol. The highest BCUT2D eigenvalue weighted by Gasteiger charge is 2.42. The van der Waals surface area contributed by atoms with Crippen LogP contribution in [-0.2, 0) is 14.9 Å². The minimum absolute atomic E-state index is 0.0133. The third-order valence-corrected chi connectivity index (χ3v) is 3.53. The number of carbonyl (C=O) groups excluding carboxylic acids is 1. The fraction of sp³-hybridized carbons (Fsp3) is 0.562. The number of rotatable bonds is 3. The van der Waals surface area contributed by atoms with E-state index in [0.717, 1.165) is 16.9 Å². The van der Waals surface area contributed by atoms with Crippen molar-refractivity contribution in [1.82, 2.24) is 0 Å². The Balaban J connectivity index is 2.25. The topological polar surface area (TPSA) is 35.5 Å². The van der Waals surface area contributed by atoms with Crippen LogP contribution in [0.15, 0.2) is 18.2 Å². The Morgan fingerprint density at radius 1 is 1.26 bits per heavy atom. The van der Waals surface area contributed by atoms with Crippen LogP contribution < -0.4 is 4.74 Å². The van der Waals surface area contributed by atoms with E-state index in [4.69, 9.17) is 9.47 Å². The number of hydrogen-bond acceptors (Lipinski definition) is 3. The van der Waals surface area contributed by atoms with Crippen molar-refractivity contribution in [2.75, 3.05) is 7.11 Å². The Bertz CT molecular complexity index is 485. The van der Waals surface area contributed by atoms with Crippen molar-refractivity contribution in [2.24, 2.45) is 0 Å². The second kappa shape index (κ2) is 4.97. The van der Waals surface area contributed by atoms with E-state index < -0.39 is 6.10 Å². The van der Waals surface area contributed by atoms with Gasteiger partial charge in [0.25, 0.3) is 0 Å². The summed E-state index contributed by atoms with van der Waals surface area (Å²) < 4.78 is 11.2. The van der Waals surface area contributed by atoms with Gasteiger partial charge in [-0.05, 0) is 29.5 Å². The lowest BCUT2D eigenvalue weighted by molar-refractivity contribution is -0.151. The second-order valence-electron chi connectivity index (χ2n) is 6.23. The number of ether oxygens (including phenoxy) is 2. The fourth-order valence-corrected chi connectivity index (χ4v) is 2.36. The van der Waals surface area contributed by atoms with Crippen LogP contribution >= 0.6 is 0 Å². The van der Waals surface area contributed by atoms with E-state index in [-0.39, 0.29) is 17.3 Å². The van der Waals surface area contributed by atoms with Crippen LogP contribution in [0.4, 0.5) is 0 Å². The lowest BCUT2D eigenvalue weighted by Crippen LogP contribution is -2.51. The van der Waals surface area contributed by atoms with Crippen LogP contribution in [0.3, 0.4) is 0 Å². The number of carbonyl (C=O) groups is 1. The van der Waals surface area contributed by atoms with E-state index >= 15 is 0 Å². The molecule has 3 nitrogen and oxygen atoms in total. The van der Waals surface area contributed by atoms with Crippen molar-refractivity contribution in [3.05, 3.63) is 29.3 Å². The quantitative estimate of drug-likeness (QED) is 0.840. The summed E-state index contributed by atoms with van der Waals surface area (Å²) in [4.78, 5) is 11.4. The van der Waals surface area contributed by atoms with Gasteiger partial charge in [-0.3, -0.25) is 4.79 Å². The second-order valence-corrected chi connectivity index (χ2v) is 6.23. The molecule has 1 aromatic rings. The fourth-order valence-electron chi connectivity index (χ4n) is 2.36. The minimum Gasteiger partial charge on any atom is -0.486 e. The standard InChI is InChI=1S/C16H22O3/c1-10-6-7-11(16(2,3)4)13(8-10)19-14-9-12(17)15(14)18-5/h6-8,14-15H,9H2,1-5H3. The van der Waals surface area contributed by atoms with Gasteiger partial charge in [-0.25, -0.2) is 0 Å². The molecule has 1 aliphatic rings. The van der Waals surface area contributed by atoms with Gasteiger partial charge in [-0.1, -0.05) is 32.9 Å². The van der Waals surface area contributed by atoms with E-state index in [1.807, 2.05) is 13.0 Å². The molecule has 2 unspecified atom stereocenters. The lowest BCUT2D eigenvalue weighted by atomic mass is 9.85. The third-order valence-electron chi connectivity index (χ3n) is 3.53. The van der Waals surface area contributed by atoms with Gasteiger partial charge in [0.1, 0.15) is 11.9 Å². The van der Waals surface area contributed by atoms with Crippen LogP contribution in [0.25, 0.3) is 0 Å². The molecule has 0 amide bonds. The molecule has 0 bridgehead atoms. The summed E-state index contributed by atoms with van der Waals surface area (Å²) in [6.45, 7) is 8.51. The number of aryl methyl sites for hydroxylation is 1. The molecule has 3 heteroatoms. The molecule has 0 N–H and O–H groups in total. The Labute approximate surface area is 114 Å². The van der Waals surface area contributed by atoms with E-state index in [1.165, 1.54) is 0 Å². The Hall–Kier alpha value is -1.35. The van der Waals surface area contributed by atoms with E-state index in [2.05, 4.69) is 32.9 Å². The van der Waals surface area contributed by atoms with Gasteiger partial charge in [0.2, 0.25) is 0 Å². The molecule has 0 saturated heterocycles. The molecule has 1 aliphatic carbocycles. The van der Waals surface area contributed by atoms with Crippen LogP contribution in [-0.4, -0.2) is 25.1 Å². The number of benzene rings is 1. The van der Waals surface area contributed by atoms with Crippen molar-refractivity contribution in [2.45, 2.75) is 51.7 Å². The predicted octanol–water partition coefficient (Wildman–Crippen LogP) is 3.03. The zero-order valence-electron chi connectivity index (χ0n) is 12.3. The molecule has 0 aliphatic heterocycles. The molecule has 1 saturated carbocycles. The molecule has 2 atom stereocenters. The van der Waals surface area contributed by atoms with Gasteiger partial charge >= 0.3 is 0 Å². The lowest BCUT2D eigenvalue weighted by Gasteiger charge is -2.35. The number of ketones is 1. The van der Waals surface area contributed by atoms with Gasteiger partial charge in [-0.15, -0.1) is 0 Å². The largest absolute Gasteiger partial charge is 0.486 e. The summed E-state index contributed by atoms with van der Waals surface area (Å²) in [5.74, 6) is 0.990. The third kappa shape index (κ3) is 2.81. The van der Waals surface area contributed by atoms with Crippen LogP contribution in [0, 0.1) is 6.92 Å². The Kier molecular flexibility index (Phi) is 3.68. The average Bonchev–Trinajstić information content (AvgIpc) is 2.27. The number of hydrogen-bond donors (Lipinski definition) is 0. The summed E-state index contributed by atoms with van der Waals surface area (Å²) in [6, 6.07) is 6.23. The highest BCUT2D eigenvalue weighted by atomic mass is 16.5. The Morgan fingerprint density at radius 3 is 2.47 bits per heavy atom. The van der Waals surface area contributed by atoms with E-state index in [1.54, 1.807) is 7.11 Å². The monoisotopic (exact) mass is 262 g/mol. The summed E-state index contributed by atoms with van der Waals surface area (Å²) in [5.41, 5.74) is 2.33. The van der Waals surface area contributed by atoms with Crippen molar-refractivity contribution in [1.29, 1.82) is 0 Å². The van der Waals surface area contributed by atoms with E-state index in [0.29, 0.717) is 6.42 Å². The van der Waals surface area contributed by atoms with Gasteiger partial charge in [0, 0.05) is 13.5 Å². The molecule has 1 fully saturated rings. The summed E-state index contributed by atoms with van der Waals surface area (Å²) >= 11 is 0. The zero-order chi connectivity index (χ0) is 14.2. The van der Waals surface area contributed by atoms with Crippen LogP contribution in [0.1, 0.15) is 38.3 Å². The highest BCUT2D eigenvalue weighted by Crippen LogP contribution is 2.35. The summed E-state index contributed by atoms with van der Waals surface area (Å²) in [7, 11) is 1.55. The normalized spacial score (nSPS) is 23.1. The first-order valence-corrected chi connectivity index (χ1v) is 6.66. The summed E-state index contributed by atoms with van der Waals surface area (Å²) in [5, 5.41) is 0.